The average Bonchev–Trinajstić information content (AvgIpc) is 1.26. The number of para-hydroxylation sites is 3. The minimum atomic E-state index is 0.941. The van der Waals surface area contributed by atoms with E-state index in [1.165, 1.54) is 136 Å². The molecule has 16 rings (SSSR count). The molecule has 0 amide bonds. The number of nitrogens with zero attached hydrogens (tertiary/aromatic N) is 9. The lowest BCUT2D eigenvalue weighted by Crippen LogP contribution is -2.36. The molecule has 0 radical (unpaired) electrons. The molecule has 8 aromatic heterocycles. The van der Waals surface area contributed by atoms with Gasteiger partial charge < -0.3 is 8.98 Å². The van der Waals surface area contributed by atoms with Gasteiger partial charge in [0.2, 0.25) is 0 Å². The van der Waals surface area contributed by atoms with Crippen molar-refractivity contribution in [2.75, 3.05) is 0 Å². The summed E-state index contributed by atoms with van der Waals surface area (Å²) in [6, 6.07) is 54.0. The molecule has 8 aromatic carbocycles. The van der Waals surface area contributed by atoms with Crippen LogP contribution >= 0.6 is 11.3 Å². The molecule has 0 aliphatic rings. The highest BCUT2D eigenvalue weighted by atomic mass is 32.1. The van der Waals surface area contributed by atoms with Gasteiger partial charge >= 0.3 is 0 Å². The van der Waals surface area contributed by atoms with Gasteiger partial charge in [0.1, 0.15) is 39.3 Å². The van der Waals surface area contributed by atoms with Gasteiger partial charge in [0.05, 0.1) is 18.6 Å². The Morgan fingerprint density at radius 3 is 1.23 bits per heavy atom. The summed E-state index contributed by atoms with van der Waals surface area (Å²) < 4.78 is 28.2. The van der Waals surface area contributed by atoms with Crippen LogP contribution in [0.4, 0.5) is 0 Å². The molecule has 106 heavy (non-hydrogen) atoms. The molecule has 16 aromatic rings. The first-order valence-corrected chi connectivity index (χ1v) is 40.6. The predicted octanol–water partition coefficient (Wildman–Crippen LogP) is 26.6. The molecule has 0 fully saturated rings. The van der Waals surface area contributed by atoms with Crippen LogP contribution in [0.5, 0.6) is 0 Å². The Hall–Kier alpha value is -9.58. The summed E-state index contributed by atoms with van der Waals surface area (Å²) in [5.41, 5.74) is 21.4. The first kappa shape index (κ1) is 92.5. The van der Waals surface area contributed by atoms with E-state index in [1.54, 1.807) is 0 Å². The summed E-state index contributed by atoms with van der Waals surface area (Å²) in [4.78, 5) is 0. The Balaban J connectivity index is 0.000000441. The summed E-state index contributed by atoms with van der Waals surface area (Å²) in [5, 5.41) is 11.8. The zero-order valence-electron chi connectivity index (χ0n) is 72.3. The molecule has 0 saturated carbocycles. The van der Waals surface area contributed by atoms with Crippen LogP contribution in [0.1, 0.15) is 197 Å². The highest BCUT2D eigenvalue weighted by Gasteiger charge is 2.22. The maximum atomic E-state index is 5.92. The first-order valence-electron chi connectivity index (χ1n) is 39.8. The zero-order chi connectivity index (χ0) is 80.4. The maximum absolute atomic E-state index is 5.92. The standard InChI is InChI=1S/C21H23N2.C18H18N3.C17H15N2O.C17H15N2S.11C2H6/c1-12-8-7-9-17-19-15(4)13(2)14(3)16(5)20(19)18-10-11-22(6)23(18)21(12)17;1-13-11-18-15(12-17(13)21-10-6-9-19(21)2)14-7-4-5-8-16(14)20(18)3;2*1-12-10-17-14(13-6-3-4-7-16(13)20-17)11-15(12)19-9-5-8-18(19)2;11*1-2/h7-11H,1-6H3;4-12H,1-3H3;2*3-11H,1-2H3;11*1-2H3/q4*+1;;;;;;;;;;;. The van der Waals surface area contributed by atoms with Gasteiger partial charge in [-0.1, -0.05) is 225 Å². The number of aryl methyl sites for hydroxylation is 11. The molecule has 0 N–H and O–H groups in total. The predicted molar refractivity (Wildman–Crippen MR) is 471 cm³/mol. The van der Waals surface area contributed by atoms with Gasteiger partial charge in [-0.2, -0.15) is 0 Å². The third-order valence-electron chi connectivity index (χ3n) is 17.6. The smallest absolute Gasteiger partial charge is 0.196 e. The van der Waals surface area contributed by atoms with E-state index >= 15 is 0 Å². The van der Waals surface area contributed by atoms with Crippen LogP contribution in [-0.4, -0.2) is 23.1 Å². The summed E-state index contributed by atoms with van der Waals surface area (Å²) in [5.74, 6) is 0. The van der Waals surface area contributed by atoms with Crippen LogP contribution in [0.15, 0.2) is 199 Å². The Morgan fingerprint density at radius 1 is 0.292 bits per heavy atom. The minimum absolute atomic E-state index is 0.941. The summed E-state index contributed by atoms with van der Waals surface area (Å²) in [7, 11) is 10.4. The van der Waals surface area contributed by atoms with Crippen molar-refractivity contribution in [3.63, 3.8) is 0 Å². The van der Waals surface area contributed by atoms with E-state index in [0.717, 1.165) is 16.6 Å². The molecule has 11 heteroatoms. The van der Waals surface area contributed by atoms with Crippen molar-refractivity contribution in [1.29, 1.82) is 0 Å². The van der Waals surface area contributed by atoms with Crippen LogP contribution < -0.4 is 18.7 Å². The van der Waals surface area contributed by atoms with E-state index in [9.17, 15) is 0 Å². The highest BCUT2D eigenvalue weighted by Crippen LogP contribution is 2.39. The number of thiophene rings is 1. The maximum Gasteiger partial charge on any atom is 0.196 e. The average molecular weight is 1450 g/mol. The van der Waals surface area contributed by atoms with Crippen molar-refractivity contribution in [2.45, 2.75) is 208 Å². The second-order valence-corrected chi connectivity index (χ2v) is 23.8. The van der Waals surface area contributed by atoms with E-state index < -0.39 is 0 Å². The van der Waals surface area contributed by atoms with Gasteiger partial charge in [-0.3, -0.25) is 0 Å². The van der Waals surface area contributed by atoms with Crippen molar-refractivity contribution in [1.82, 2.24) is 23.1 Å². The lowest BCUT2D eigenvalue weighted by Gasteiger charge is -2.17. The summed E-state index contributed by atoms with van der Waals surface area (Å²) >= 11 is 1.87. The van der Waals surface area contributed by atoms with Crippen molar-refractivity contribution in [2.24, 2.45) is 35.2 Å². The van der Waals surface area contributed by atoms with E-state index in [0.29, 0.717) is 0 Å². The van der Waals surface area contributed by atoms with Gasteiger partial charge in [0.25, 0.3) is 0 Å². The van der Waals surface area contributed by atoms with E-state index in [1.807, 2.05) is 201 Å². The van der Waals surface area contributed by atoms with Gasteiger partial charge in [0.15, 0.2) is 53.0 Å². The van der Waals surface area contributed by atoms with E-state index in [-0.39, 0.29) is 0 Å². The van der Waals surface area contributed by atoms with Crippen LogP contribution in [0.3, 0.4) is 0 Å². The lowest BCUT2D eigenvalue weighted by atomic mass is 9.89. The molecule has 0 spiro atoms. The second-order valence-electron chi connectivity index (χ2n) is 22.7. The lowest BCUT2D eigenvalue weighted by molar-refractivity contribution is -0.744. The first-order chi connectivity index (χ1) is 51.6. The number of pyridine rings is 1. The van der Waals surface area contributed by atoms with Crippen LogP contribution in [-0.2, 0) is 35.2 Å². The van der Waals surface area contributed by atoms with Crippen molar-refractivity contribution >= 4 is 102 Å². The fraction of sp³-hybridized carbons (Fsp3) is 0.368. The van der Waals surface area contributed by atoms with Crippen LogP contribution in [0.25, 0.3) is 108 Å². The monoisotopic (exact) mass is 1450 g/mol. The largest absolute Gasteiger partial charge is 0.456 e. The van der Waals surface area contributed by atoms with Gasteiger partial charge in [-0.25, -0.2) is 0 Å². The molecule has 8 heterocycles. The fourth-order valence-electron chi connectivity index (χ4n) is 12.8. The molecular weight excluding hydrogens is 1320 g/mol. The summed E-state index contributed by atoms with van der Waals surface area (Å²) in [6.07, 6.45) is 14.6. The molecule has 0 aliphatic heterocycles. The molecule has 0 atom stereocenters. The quantitative estimate of drug-likeness (QED) is 0.128. The number of fused-ring (bicyclic) bond motifs is 15. The van der Waals surface area contributed by atoms with Gasteiger partial charge in [-0.05, 0) is 160 Å². The molecule has 570 valence electrons. The molecular formula is C95H137N9OS+4. The van der Waals surface area contributed by atoms with Crippen LogP contribution in [0.2, 0.25) is 0 Å². The van der Waals surface area contributed by atoms with Crippen molar-refractivity contribution in [3.05, 3.63) is 240 Å². The normalized spacial score (nSPS) is 9.84. The highest BCUT2D eigenvalue weighted by molar-refractivity contribution is 7.25. The molecule has 10 nitrogen and oxygen atoms in total. The Kier molecular flexibility index (Phi) is 40.5. The second kappa shape index (κ2) is 46.4. The fourth-order valence-corrected chi connectivity index (χ4v) is 14.0. The zero-order valence-corrected chi connectivity index (χ0v) is 73.1. The Labute approximate surface area is 644 Å². The number of rotatable bonds is 3. The van der Waals surface area contributed by atoms with Crippen molar-refractivity contribution < 1.29 is 23.1 Å². The third kappa shape index (κ3) is 19.7. The molecule has 0 bridgehead atoms. The molecule has 0 unspecified atom stereocenters. The van der Waals surface area contributed by atoms with Crippen molar-refractivity contribution in [3.8, 4) is 17.1 Å². The van der Waals surface area contributed by atoms with E-state index in [2.05, 4.69) is 290 Å². The molecule has 0 aliphatic carbocycles. The number of benzene rings is 8. The van der Waals surface area contributed by atoms with E-state index in [4.69, 9.17) is 4.42 Å². The van der Waals surface area contributed by atoms with Crippen LogP contribution in [0, 0.1) is 55.4 Å². The Bertz CT molecular complexity index is 5110. The number of furan rings is 1. The number of hydrogen-bond donors (Lipinski definition) is 0. The van der Waals surface area contributed by atoms with Gasteiger partial charge in [-0.15, -0.1) is 48.6 Å². The Morgan fingerprint density at radius 2 is 0.717 bits per heavy atom. The molecule has 0 saturated heterocycles. The van der Waals surface area contributed by atoms with Gasteiger partial charge in [0, 0.05) is 94.8 Å². The minimum Gasteiger partial charge on any atom is -0.456 e. The third-order valence-corrected chi connectivity index (χ3v) is 18.8. The summed E-state index contributed by atoms with van der Waals surface area (Å²) in [6.45, 7) is 61.7. The SMILES string of the molecule is CC.CC.CC.CC.CC.CC.CC.CC.CC.CC.CC.Cc1c(C)c(C)c2c(c1C)c1cccc(C)c1n1c2cc[n+]1C.Cc1cc2c(cc1-n1ccc[n+]1C)c1ccccc1n2C.Cc1cc2oc3ccccc3c2cc1-n1ccc[n+]1C.Cc1cc2sc3ccccc3c2cc1-n1ccc[n+]1C. The number of aromatic nitrogens is 9. The topological polar surface area (TPSA) is 52.8 Å². The number of hydrogen-bond acceptors (Lipinski definition) is 2.